The van der Waals surface area contributed by atoms with Crippen molar-refractivity contribution < 1.29 is 26.2 Å². The summed E-state index contributed by atoms with van der Waals surface area (Å²) in [6, 6.07) is 56.8. The molecular weight excluding hydrogens is 932 g/mol. The molecule has 0 amide bonds. The summed E-state index contributed by atoms with van der Waals surface area (Å²) in [7, 11) is 0. The molecule has 0 aliphatic heterocycles. The fourth-order valence-electron chi connectivity index (χ4n) is 7.90. The maximum absolute atomic E-state index is 11.6. The van der Waals surface area contributed by atoms with Crippen LogP contribution in [0.4, 0.5) is 0 Å². The number of benzene rings is 6. The molecule has 0 aliphatic carbocycles. The third-order valence-corrected chi connectivity index (χ3v) is 12.4. The molecule has 0 unspecified atom stereocenters. The Labute approximate surface area is 372 Å². The summed E-state index contributed by atoms with van der Waals surface area (Å²) in [5.74, 6) is 0.184. The number of hydrogen-bond donors (Lipinski definition) is 1. The average molecular weight is 979 g/mol. The molecule has 0 atom stereocenters. The minimum absolute atomic E-state index is 0. The first-order valence-electron chi connectivity index (χ1n) is 20.3. The van der Waals surface area contributed by atoms with Crippen molar-refractivity contribution in [3.05, 3.63) is 175 Å². The van der Waals surface area contributed by atoms with Crippen molar-refractivity contribution >= 4 is 31.5 Å². The SMILES string of the molecule is Cc1cc(-c2cccc3c2sc2ccccc23)cc(-c2[c-]c(-c3cc(-c4cc(C(C)(C)C)cc(C(C)(C)C)c4)cc(-c4ccc(-c5ccccc5)cc4O)n3)ccc2)n1.[Pt]. The van der Waals surface area contributed by atoms with Gasteiger partial charge in [-0.15, -0.1) is 35.6 Å². The summed E-state index contributed by atoms with van der Waals surface area (Å²) in [6.45, 7) is 15.7. The van der Waals surface area contributed by atoms with Crippen LogP contribution in [0, 0.1) is 13.0 Å². The second kappa shape index (κ2) is 16.1. The van der Waals surface area contributed by atoms with Gasteiger partial charge in [0.1, 0.15) is 5.75 Å². The first-order valence-corrected chi connectivity index (χ1v) is 21.1. The van der Waals surface area contributed by atoms with E-state index in [1.54, 1.807) is 0 Å². The second-order valence-corrected chi connectivity index (χ2v) is 18.7. The van der Waals surface area contributed by atoms with Crippen LogP contribution in [-0.2, 0) is 31.9 Å². The molecule has 300 valence electrons. The molecule has 0 bridgehead atoms. The fraction of sp³-hybridized carbons (Fsp3) is 0.164. The fourth-order valence-corrected chi connectivity index (χ4v) is 9.13. The minimum Gasteiger partial charge on any atom is -0.507 e. The van der Waals surface area contributed by atoms with Gasteiger partial charge < -0.3 is 5.11 Å². The van der Waals surface area contributed by atoms with Gasteiger partial charge in [0.25, 0.3) is 0 Å². The molecule has 6 aromatic carbocycles. The standard InChI is InChI=1S/C55H47N2OS.Pt/c1-34-25-41(44-20-14-21-46-45-19-11-12-22-52(45)59-53(44)46)31-48(56-34)37-17-13-18-38(26-37)49-29-40(39-27-42(54(2,3)4)33-43(28-39)55(5,6)7)30-50(57-49)47-24-23-36(32-51(47)58)35-15-9-8-10-16-35;/h8-25,27-33,58H,1-7H3;/q-1;. The van der Waals surface area contributed by atoms with Crippen LogP contribution in [-0.4, -0.2) is 15.1 Å². The van der Waals surface area contributed by atoms with Gasteiger partial charge in [0.05, 0.1) is 5.69 Å². The number of thiophene rings is 1. The molecule has 0 aliphatic rings. The van der Waals surface area contributed by atoms with Crippen molar-refractivity contribution in [3.8, 4) is 72.9 Å². The molecule has 0 saturated carbocycles. The average Bonchev–Trinajstić information content (AvgIpc) is 3.62. The van der Waals surface area contributed by atoms with Crippen molar-refractivity contribution in [2.75, 3.05) is 0 Å². The molecule has 0 radical (unpaired) electrons. The molecule has 0 fully saturated rings. The van der Waals surface area contributed by atoms with E-state index < -0.39 is 0 Å². The monoisotopic (exact) mass is 978 g/mol. The van der Waals surface area contributed by atoms with Gasteiger partial charge in [-0.1, -0.05) is 156 Å². The molecule has 3 aromatic heterocycles. The zero-order valence-corrected chi connectivity index (χ0v) is 38.1. The quantitative estimate of drug-likeness (QED) is 0.169. The molecule has 9 rings (SSSR count). The molecule has 5 heteroatoms. The molecule has 60 heavy (non-hydrogen) atoms. The molecule has 0 saturated heterocycles. The van der Waals surface area contributed by atoms with Crippen LogP contribution in [0.2, 0.25) is 0 Å². The van der Waals surface area contributed by atoms with E-state index in [1.165, 1.54) is 36.9 Å². The Morgan fingerprint density at radius 2 is 1.08 bits per heavy atom. The largest absolute Gasteiger partial charge is 0.507 e. The third-order valence-electron chi connectivity index (χ3n) is 11.2. The van der Waals surface area contributed by atoms with Crippen LogP contribution in [0.3, 0.4) is 0 Å². The molecule has 3 heterocycles. The van der Waals surface area contributed by atoms with Crippen molar-refractivity contribution in [2.24, 2.45) is 0 Å². The maximum Gasteiger partial charge on any atom is 0.125 e. The second-order valence-electron chi connectivity index (χ2n) is 17.7. The number of aryl methyl sites for hydroxylation is 1. The Morgan fingerprint density at radius 1 is 0.483 bits per heavy atom. The van der Waals surface area contributed by atoms with Crippen LogP contribution in [0.5, 0.6) is 5.75 Å². The van der Waals surface area contributed by atoms with Gasteiger partial charge in [0.15, 0.2) is 0 Å². The summed E-state index contributed by atoms with van der Waals surface area (Å²) in [5.41, 5.74) is 14.6. The van der Waals surface area contributed by atoms with Crippen molar-refractivity contribution in [1.82, 2.24) is 9.97 Å². The Hall–Kier alpha value is -5.67. The Kier molecular flexibility index (Phi) is 11.0. The predicted octanol–water partition coefficient (Wildman–Crippen LogP) is 15.3. The van der Waals surface area contributed by atoms with Gasteiger partial charge in [-0.2, -0.15) is 0 Å². The number of rotatable bonds is 6. The van der Waals surface area contributed by atoms with Gasteiger partial charge in [-0.25, -0.2) is 0 Å². The topological polar surface area (TPSA) is 46.0 Å². The van der Waals surface area contributed by atoms with E-state index in [0.717, 1.165) is 56.0 Å². The van der Waals surface area contributed by atoms with Crippen molar-refractivity contribution in [3.63, 3.8) is 0 Å². The summed E-state index contributed by atoms with van der Waals surface area (Å²) in [4.78, 5) is 10.3. The van der Waals surface area contributed by atoms with Gasteiger partial charge in [0, 0.05) is 63.9 Å². The Bertz CT molecular complexity index is 3010. The zero-order valence-electron chi connectivity index (χ0n) is 35.0. The number of nitrogens with zero attached hydrogens (tertiary/aromatic N) is 2. The van der Waals surface area contributed by atoms with Crippen LogP contribution in [0.15, 0.2) is 152 Å². The van der Waals surface area contributed by atoms with E-state index in [4.69, 9.17) is 9.97 Å². The Morgan fingerprint density at radius 3 is 1.78 bits per heavy atom. The van der Waals surface area contributed by atoms with Gasteiger partial charge in [-0.05, 0) is 92.6 Å². The van der Waals surface area contributed by atoms with Gasteiger partial charge in [0.2, 0.25) is 0 Å². The van der Waals surface area contributed by atoms with E-state index in [0.29, 0.717) is 11.3 Å². The van der Waals surface area contributed by atoms with E-state index in [2.05, 4.69) is 176 Å². The van der Waals surface area contributed by atoms with E-state index in [1.807, 2.05) is 41.7 Å². The van der Waals surface area contributed by atoms with Crippen molar-refractivity contribution in [2.45, 2.75) is 59.3 Å². The summed E-state index contributed by atoms with van der Waals surface area (Å²) < 4.78 is 2.57. The van der Waals surface area contributed by atoms with Crippen LogP contribution >= 0.6 is 11.3 Å². The normalized spacial score (nSPS) is 11.8. The van der Waals surface area contributed by atoms with Crippen molar-refractivity contribution in [1.29, 1.82) is 0 Å². The van der Waals surface area contributed by atoms with Crippen LogP contribution < -0.4 is 0 Å². The molecular formula is C55H47N2OPtS-. The summed E-state index contributed by atoms with van der Waals surface area (Å²) >= 11 is 1.84. The number of aromatic nitrogens is 2. The molecule has 3 nitrogen and oxygen atoms in total. The Balaban J connectivity index is 0.00000499. The number of fused-ring (bicyclic) bond motifs is 3. The molecule has 0 spiro atoms. The zero-order chi connectivity index (χ0) is 41.1. The summed E-state index contributed by atoms with van der Waals surface area (Å²) in [6.07, 6.45) is 0. The van der Waals surface area contributed by atoms with Gasteiger partial charge >= 0.3 is 0 Å². The molecule has 1 N–H and O–H groups in total. The molecule has 9 aromatic rings. The minimum atomic E-state index is -0.0511. The van der Waals surface area contributed by atoms with E-state index in [9.17, 15) is 5.11 Å². The predicted molar refractivity (Wildman–Crippen MR) is 250 cm³/mol. The number of phenolic OH excluding ortho intramolecular Hbond substituents is 1. The first kappa shape index (κ1) is 41.1. The number of aromatic hydroxyl groups is 1. The maximum atomic E-state index is 11.6. The van der Waals surface area contributed by atoms with Crippen LogP contribution in [0.1, 0.15) is 58.4 Å². The summed E-state index contributed by atoms with van der Waals surface area (Å²) in [5, 5.41) is 14.2. The first-order chi connectivity index (χ1) is 28.3. The van der Waals surface area contributed by atoms with Crippen LogP contribution in [0.25, 0.3) is 87.3 Å². The van der Waals surface area contributed by atoms with E-state index in [-0.39, 0.29) is 37.6 Å². The number of hydrogen-bond acceptors (Lipinski definition) is 4. The number of pyridine rings is 2. The number of phenols is 1. The van der Waals surface area contributed by atoms with E-state index >= 15 is 0 Å². The third kappa shape index (κ3) is 8.12. The smallest absolute Gasteiger partial charge is 0.125 e. The van der Waals surface area contributed by atoms with Gasteiger partial charge in [-0.3, -0.25) is 9.97 Å².